The highest BCUT2D eigenvalue weighted by Crippen LogP contribution is 2.34. The SMILES string of the molecule is CC(C)Oc1ccc(Oc2ncc(-c3nccs3)s2)cc1. The molecule has 0 fully saturated rings. The van der Waals surface area contributed by atoms with Gasteiger partial charge in [0.1, 0.15) is 16.5 Å². The molecular weight excluding hydrogens is 304 g/mol. The summed E-state index contributed by atoms with van der Waals surface area (Å²) in [6, 6.07) is 7.54. The third-order valence-corrected chi connectivity index (χ3v) is 4.35. The molecule has 0 bridgehead atoms. The summed E-state index contributed by atoms with van der Waals surface area (Å²) in [6.45, 7) is 4.00. The lowest BCUT2D eigenvalue weighted by atomic mass is 10.3. The second-order valence-electron chi connectivity index (χ2n) is 4.57. The largest absolute Gasteiger partial charge is 0.491 e. The van der Waals surface area contributed by atoms with Crippen molar-refractivity contribution in [3.05, 3.63) is 42.0 Å². The van der Waals surface area contributed by atoms with E-state index in [0.29, 0.717) is 5.19 Å². The van der Waals surface area contributed by atoms with Crippen LogP contribution < -0.4 is 9.47 Å². The van der Waals surface area contributed by atoms with E-state index in [1.807, 2.05) is 43.5 Å². The van der Waals surface area contributed by atoms with Crippen LogP contribution in [0, 0.1) is 0 Å². The quantitative estimate of drug-likeness (QED) is 0.675. The van der Waals surface area contributed by atoms with Gasteiger partial charge < -0.3 is 9.47 Å². The van der Waals surface area contributed by atoms with Gasteiger partial charge in [-0.15, -0.1) is 11.3 Å². The van der Waals surface area contributed by atoms with Gasteiger partial charge in [0.05, 0.1) is 17.2 Å². The van der Waals surface area contributed by atoms with Gasteiger partial charge in [-0.1, -0.05) is 11.3 Å². The number of benzene rings is 1. The van der Waals surface area contributed by atoms with Crippen molar-refractivity contribution in [3.8, 4) is 26.6 Å². The van der Waals surface area contributed by atoms with Crippen molar-refractivity contribution < 1.29 is 9.47 Å². The molecule has 2 aromatic heterocycles. The monoisotopic (exact) mass is 318 g/mol. The Hall–Kier alpha value is -1.92. The van der Waals surface area contributed by atoms with Crippen LogP contribution in [0.25, 0.3) is 9.88 Å². The number of nitrogens with zero attached hydrogens (tertiary/aromatic N) is 2. The summed E-state index contributed by atoms with van der Waals surface area (Å²) < 4.78 is 11.3. The van der Waals surface area contributed by atoms with E-state index >= 15 is 0 Å². The third kappa shape index (κ3) is 3.59. The van der Waals surface area contributed by atoms with Crippen LogP contribution in [0.3, 0.4) is 0 Å². The summed E-state index contributed by atoms with van der Waals surface area (Å²) in [4.78, 5) is 9.55. The number of hydrogen-bond acceptors (Lipinski definition) is 6. The maximum atomic E-state index is 5.75. The summed E-state index contributed by atoms with van der Waals surface area (Å²) in [7, 11) is 0. The Kier molecular flexibility index (Phi) is 4.17. The zero-order valence-corrected chi connectivity index (χ0v) is 13.3. The fourth-order valence-electron chi connectivity index (χ4n) is 1.71. The van der Waals surface area contributed by atoms with Crippen LogP contribution >= 0.6 is 22.7 Å². The van der Waals surface area contributed by atoms with Crippen molar-refractivity contribution in [2.24, 2.45) is 0 Å². The van der Waals surface area contributed by atoms with Crippen LogP contribution in [0.2, 0.25) is 0 Å². The van der Waals surface area contributed by atoms with Gasteiger partial charge in [-0.2, -0.15) is 0 Å². The van der Waals surface area contributed by atoms with E-state index in [2.05, 4.69) is 9.97 Å². The van der Waals surface area contributed by atoms with Gasteiger partial charge in [0.2, 0.25) is 0 Å². The highest BCUT2D eigenvalue weighted by molar-refractivity contribution is 7.21. The van der Waals surface area contributed by atoms with E-state index in [4.69, 9.17) is 9.47 Å². The third-order valence-electron chi connectivity index (χ3n) is 2.53. The Morgan fingerprint density at radius 1 is 1.05 bits per heavy atom. The Balaban J connectivity index is 1.69. The second kappa shape index (κ2) is 6.24. The predicted molar refractivity (Wildman–Crippen MR) is 85.5 cm³/mol. The first-order valence-corrected chi connectivity index (χ1v) is 8.20. The number of aromatic nitrogens is 2. The van der Waals surface area contributed by atoms with E-state index < -0.39 is 0 Å². The maximum Gasteiger partial charge on any atom is 0.279 e. The molecule has 6 heteroatoms. The van der Waals surface area contributed by atoms with Crippen LogP contribution in [0.5, 0.6) is 16.7 Å². The molecule has 3 aromatic rings. The van der Waals surface area contributed by atoms with Crippen molar-refractivity contribution in [1.82, 2.24) is 9.97 Å². The molecule has 2 heterocycles. The zero-order valence-electron chi connectivity index (χ0n) is 11.6. The molecule has 0 amide bonds. The minimum absolute atomic E-state index is 0.164. The lowest BCUT2D eigenvalue weighted by Gasteiger charge is -2.09. The average Bonchev–Trinajstić information content (AvgIpc) is 3.11. The molecule has 0 aliphatic heterocycles. The van der Waals surface area contributed by atoms with Crippen LogP contribution in [0.15, 0.2) is 42.0 Å². The lowest BCUT2D eigenvalue weighted by Crippen LogP contribution is -2.05. The number of thiazole rings is 2. The molecule has 0 aliphatic rings. The molecule has 0 saturated heterocycles. The molecule has 108 valence electrons. The first-order valence-electron chi connectivity index (χ1n) is 6.51. The summed E-state index contributed by atoms with van der Waals surface area (Å²) in [6.07, 6.45) is 3.74. The first-order chi connectivity index (χ1) is 10.2. The van der Waals surface area contributed by atoms with E-state index in [1.165, 1.54) is 11.3 Å². The van der Waals surface area contributed by atoms with Crippen LogP contribution in [0.1, 0.15) is 13.8 Å². The summed E-state index contributed by atoms with van der Waals surface area (Å²) >= 11 is 3.07. The van der Waals surface area contributed by atoms with Gasteiger partial charge in [-0.3, -0.25) is 0 Å². The van der Waals surface area contributed by atoms with Crippen LogP contribution in [-0.2, 0) is 0 Å². The maximum absolute atomic E-state index is 5.75. The molecule has 3 rings (SSSR count). The number of ether oxygens (including phenoxy) is 2. The van der Waals surface area contributed by atoms with E-state index in [9.17, 15) is 0 Å². The van der Waals surface area contributed by atoms with Gasteiger partial charge >= 0.3 is 0 Å². The molecule has 0 N–H and O–H groups in total. The fraction of sp³-hybridized carbons (Fsp3) is 0.200. The molecule has 0 saturated carbocycles. The molecule has 21 heavy (non-hydrogen) atoms. The number of rotatable bonds is 5. The predicted octanol–water partition coefficient (Wildman–Crippen LogP) is 4.85. The molecule has 4 nitrogen and oxygen atoms in total. The highest BCUT2D eigenvalue weighted by Gasteiger charge is 2.08. The summed E-state index contributed by atoms with van der Waals surface area (Å²) in [5, 5.41) is 3.52. The Morgan fingerprint density at radius 2 is 1.81 bits per heavy atom. The van der Waals surface area contributed by atoms with Gasteiger partial charge in [0, 0.05) is 11.6 Å². The van der Waals surface area contributed by atoms with Crippen molar-refractivity contribution in [1.29, 1.82) is 0 Å². The van der Waals surface area contributed by atoms with E-state index in [1.54, 1.807) is 23.7 Å². The smallest absolute Gasteiger partial charge is 0.279 e. The topological polar surface area (TPSA) is 44.2 Å². The number of hydrogen-bond donors (Lipinski definition) is 0. The van der Waals surface area contributed by atoms with Crippen LogP contribution in [-0.4, -0.2) is 16.1 Å². The molecular formula is C15H14N2O2S2. The van der Waals surface area contributed by atoms with Gasteiger partial charge in [0.25, 0.3) is 5.19 Å². The van der Waals surface area contributed by atoms with Gasteiger partial charge in [0.15, 0.2) is 0 Å². The second-order valence-corrected chi connectivity index (χ2v) is 6.46. The van der Waals surface area contributed by atoms with Crippen LogP contribution in [0.4, 0.5) is 0 Å². The molecule has 0 radical (unpaired) electrons. The minimum atomic E-state index is 0.164. The standard InChI is InChI=1S/C15H14N2O2S2/c1-10(2)18-11-3-5-12(6-4-11)19-15-17-9-13(21-15)14-16-7-8-20-14/h3-10H,1-2H3. The highest BCUT2D eigenvalue weighted by atomic mass is 32.1. The van der Waals surface area contributed by atoms with Crippen molar-refractivity contribution in [2.75, 3.05) is 0 Å². The molecule has 1 aromatic carbocycles. The molecule has 0 aliphatic carbocycles. The first kappa shape index (κ1) is 14.0. The lowest BCUT2D eigenvalue weighted by molar-refractivity contribution is 0.242. The van der Waals surface area contributed by atoms with Crippen molar-refractivity contribution >= 4 is 22.7 Å². The molecule has 0 atom stereocenters. The fourth-order valence-corrected chi connectivity index (χ4v) is 3.20. The zero-order chi connectivity index (χ0) is 14.7. The average molecular weight is 318 g/mol. The normalized spacial score (nSPS) is 10.8. The van der Waals surface area contributed by atoms with Crippen molar-refractivity contribution in [2.45, 2.75) is 20.0 Å². The Labute approximate surface area is 131 Å². The van der Waals surface area contributed by atoms with Gasteiger partial charge in [-0.05, 0) is 38.1 Å². The molecule has 0 spiro atoms. The minimum Gasteiger partial charge on any atom is -0.491 e. The van der Waals surface area contributed by atoms with Crippen molar-refractivity contribution in [3.63, 3.8) is 0 Å². The molecule has 0 unspecified atom stereocenters. The van der Waals surface area contributed by atoms with E-state index in [-0.39, 0.29) is 6.10 Å². The van der Waals surface area contributed by atoms with E-state index in [0.717, 1.165) is 21.4 Å². The summed E-state index contributed by atoms with van der Waals surface area (Å²) in [5.74, 6) is 1.58. The Morgan fingerprint density at radius 3 is 2.48 bits per heavy atom. The Bertz CT molecular complexity index is 691. The summed E-state index contributed by atoms with van der Waals surface area (Å²) in [5.41, 5.74) is 0. The van der Waals surface area contributed by atoms with Gasteiger partial charge in [-0.25, -0.2) is 9.97 Å².